The van der Waals surface area contributed by atoms with Crippen molar-refractivity contribution in [1.29, 1.82) is 0 Å². The van der Waals surface area contributed by atoms with Gasteiger partial charge in [-0.15, -0.1) is 11.3 Å². The Bertz CT molecular complexity index is 821. The highest BCUT2D eigenvalue weighted by molar-refractivity contribution is 8.26. The smallest absolute Gasteiger partial charge is 0.226 e. The van der Waals surface area contributed by atoms with Gasteiger partial charge in [-0.2, -0.15) is 0 Å². The molecule has 0 aliphatic carbocycles. The van der Waals surface area contributed by atoms with E-state index in [0.29, 0.717) is 22.3 Å². The fraction of sp³-hybridized carbons (Fsp3) is 0.222. The summed E-state index contributed by atoms with van der Waals surface area (Å²) in [4.78, 5) is 15.7. The van der Waals surface area contributed by atoms with Gasteiger partial charge in [0.2, 0.25) is 5.91 Å². The number of thiocarbonyl (C=S) groups is 1. The maximum atomic E-state index is 12.2. The number of rotatable bonds is 6. The lowest BCUT2D eigenvalue weighted by Crippen LogP contribution is -2.34. The average molecular weight is 407 g/mol. The van der Waals surface area contributed by atoms with Crippen LogP contribution in [0.4, 0.5) is 5.69 Å². The Morgan fingerprint density at radius 1 is 1.42 bits per heavy atom. The zero-order valence-corrected chi connectivity index (χ0v) is 16.5. The van der Waals surface area contributed by atoms with Crippen molar-refractivity contribution in [3.63, 3.8) is 0 Å². The second-order valence-corrected chi connectivity index (χ2v) is 8.21. The molecule has 1 atom stereocenters. The van der Waals surface area contributed by atoms with Crippen molar-refractivity contribution in [1.82, 2.24) is 4.90 Å². The van der Waals surface area contributed by atoms with Gasteiger partial charge in [-0.05, 0) is 29.7 Å². The minimum atomic E-state index is -0.806. The van der Waals surface area contributed by atoms with Gasteiger partial charge in [0.15, 0.2) is 6.23 Å². The van der Waals surface area contributed by atoms with Crippen molar-refractivity contribution in [2.45, 2.75) is 12.6 Å². The molecule has 0 spiro atoms. The summed E-state index contributed by atoms with van der Waals surface area (Å²) in [5.41, 5.74) is 0.673. The largest absolute Gasteiger partial charge is 0.497 e. The molecule has 1 saturated heterocycles. The highest BCUT2D eigenvalue weighted by atomic mass is 32.2. The number of ether oxygens (including phenoxy) is 1. The standard InChI is InChI=1S/C18H18N2O3S3/c1-23-13-5-2-4-12(10-13)19-16(21)7-8-20-17(22)15(26-18(20)24)11-14-6-3-9-25-14/h2-6,9-11,17,22H,7-8H2,1H3,(H,19,21)/b15-11+. The Hall–Kier alpha value is -1.87. The van der Waals surface area contributed by atoms with E-state index in [0.717, 1.165) is 9.78 Å². The van der Waals surface area contributed by atoms with Gasteiger partial charge in [-0.25, -0.2) is 0 Å². The highest BCUT2D eigenvalue weighted by Crippen LogP contribution is 2.36. The van der Waals surface area contributed by atoms with Gasteiger partial charge in [0.05, 0.1) is 7.11 Å². The van der Waals surface area contributed by atoms with Crippen molar-refractivity contribution in [3.05, 3.63) is 51.6 Å². The van der Waals surface area contributed by atoms with E-state index in [1.54, 1.807) is 35.5 Å². The van der Waals surface area contributed by atoms with Crippen LogP contribution in [0, 0.1) is 0 Å². The molecule has 1 amide bonds. The first kappa shape index (κ1) is 18.9. The number of nitrogens with one attached hydrogen (secondary N) is 1. The topological polar surface area (TPSA) is 61.8 Å². The minimum Gasteiger partial charge on any atom is -0.497 e. The fourth-order valence-electron chi connectivity index (χ4n) is 2.44. The molecule has 2 aromatic rings. The van der Waals surface area contributed by atoms with Gasteiger partial charge >= 0.3 is 0 Å². The molecule has 1 aromatic heterocycles. The first-order valence-electron chi connectivity index (χ1n) is 7.92. The van der Waals surface area contributed by atoms with Crippen LogP contribution < -0.4 is 10.1 Å². The lowest BCUT2D eigenvalue weighted by molar-refractivity contribution is -0.116. The zero-order valence-electron chi connectivity index (χ0n) is 14.0. The third-order valence-corrected chi connectivity index (χ3v) is 6.03. The Labute approximate surface area is 165 Å². The zero-order chi connectivity index (χ0) is 18.5. The molecule has 3 rings (SSSR count). The number of aliphatic hydroxyl groups excluding tert-OH is 1. The number of methoxy groups -OCH3 is 1. The summed E-state index contributed by atoms with van der Waals surface area (Å²) >= 11 is 8.32. The number of thiophene rings is 1. The highest BCUT2D eigenvalue weighted by Gasteiger charge is 2.32. The Morgan fingerprint density at radius 3 is 3.00 bits per heavy atom. The molecule has 2 heterocycles. The summed E-state index contributed by atoms with van der Waals surface area (Å²) < 4.78 is 5.72. The van der Waals surface area contributed by atoms with Crippen LogP contribution in [0.25, 0.3) is 6.08 Å². The number of amides is 1. The van der Waals surface area contributed by atoms with Gasteiger partial charge in [0, 0.05) is 34.5 Å². The molecular formula is C18H18N2O3S3. The molecule has 1 aliphatic heterocycles. The Kier molecular flexibility index (Phi) is 6.31. The number of carbonyl (C=O) groups excluding carboxylic acids is 1. The third-order valence-electron chi connectivity index (χ3n) is 3.75. The molecule has 1 unspecified atom stereocenters. The lowest BCUT2D eigenvalue weighted by Gasteiger charge is -2.21. The van der Waals surface area contributed by atoms with E-state index < -0.39 is 6.23 Å². The van der Waals surface area contributed by atoms with E-state index in [4.69, 9.17) is 17.0 Å². The number of carbonyl (C=O) groups is 1. The summed E-state index contributed by atoms with van der Waals surface area (Å²) in [7, 11) is 1.58. The SMILES string of the molecule is COc1cccc(NC(=O)CCN2C(=S)S/C(=C/c3cccs3)C2O)c1. The molecule has 8 heteroatoms. The van der Waals surface area contributed by atoms with Crippen LogP contribution in [0.2, 0.25) is 0 Å². The fourth-order valence-corrected chi connectivity index (χ4v) is 4.59. The maximum absolute atomic E-state index is 12.2. The maximum Gasteiger partial charge on any atom is 0.226 e. The molecule has 26 heavy (non-hydrogen) atoms. The van der Waals surface area contributed by atoms with Crippen LogP contribution in [-0.4, -0.2) is 40.1 Å². The number of nitrogens with zero attached hydrogens (tertiary/aromatic N) is 1. The number of hydrogen-bond acceptors (Lipinski definition) is 6. The van der Waals surface area contributed by atoms with Gasteiger partial charge in [0.1, 0.15) is 10.1 Å². The van der Waals surface area contributed by atoms with Crippen molar-refractivity contribution in [2.75, 3.05) is 19.0 Å². The Balaban J connectivity index is 1.57. The molecule has 1 fully saturated rings. The van der Waals surface area contributed by atoms with Crippen LogP contribution in [0.15, 0.2) is 46.7 Å². The van der Waals surface area contributed by atoms with E-state index >= 15 is 0 Å². The third kappa shape index (κ3) is 4.64. The molecular weight excluding hydrogens is 388 g/mol. The second kappa shape index (κ2) is 8.68. The summed E-state index contributed by atoms with van der Waals surface area (Å²) in [6.07, 6.45) is 1.35. The van der Waals surface area contributed by atoms with Gasteiger partial charge in [0.25, 0.3) is 0 Å². The van der Waals surface area contributed by atoms with E-state index in [9.17, 15) is 9.90 Å². The van der Waals surface area contributed by atoms with Gasteiger partial charge in [-0.1, -0.05) is 36.1 Å². The average Bonchev–Trinajstić information content (AvgIpc) is 3.22. The molecule has 0 radical (unpaired) electrons. The number of benzene rings is 1. The quantitative estimate of drug-likeness (QED) is 0.712. The number of thioether (sulfide) groups is 1. The van der Waals surface area contributed by atoms with Crippen molar-refractivity contribution >= 4 is 57.3 Å². The summed E-state index contributed by atoms with van der Waals surface area (Å²) in [6.45, 7) is 0.352. The van der Waals surface area contributed by atoms with Crippen LogP contribution >= 0.6 is 35.3 Å². The summed E-state index contributed by atoms with van der Waals surface area (Å²) in [5.74, 6) is 0.535. The summed E-state index contributed by atoms with van der Waals surface area (Å²) in [5, 5.41) is 15.3. The molecule has 1 aliphatic rings. The molecule has 136 valence electrons. The molecule has 1 aromatic carbocycles. The van der Waals surface area contributed by atoms with Gasteiger partial charge < -0.3 is 20.1 Å². The molecule has 0 bridgehead atoms. The monoisotopic (exact) mass is 406 g/mol. The van der Waals surface area contributed by atoms with E-state index in [1.807, 2.05) is 35.7 Å². The number of anilines is 1. The number of hydrogen-bond donors (Lipinski definition) is 2. The first-order valence-corrected chi connectivity index (χ1v) is 10.0. The van der Waals surface area contributed by atoms with Crippen molar-refractivity contribution in [2.24, 2.45) is 0 Å². The normalized spacial score (nSPS) is 18.4. The molecule has 5 nitrogen and oxygen atoms in total. The second-order valence-electron chi connectivity index (χ2n) is 5.53. The molecule has 0 saturated carbocycles. The van der Waals surface area contributed by atoms with Crippen LogP contribution in [-0.2, 0) is 4.79 Å². The van der Waals surface area contributed by atoms with Crippen molar-refractivity contribution < 1.29 is 14.6 Å². The van der Waals surface area contributed by atoms with E-state index in [1.165, 1.54) is 11.8 Å². The first-order chi connectivity index (χ1) is 12.6. The van der Waals surface area contributed by atoms with Crippen LogP contribution in [0.1, 0.15) is 11.3 Å². The molecule has 2 N–H and O–H groups in total. The lowest BCUT2D eigenvalue weighted by atomic mass is 10.2. The summed E-state index contributed by atoms with van der Waals surface area (Å²) in [6, 6.07) is 11.1. The van der Waals surface area contributed by atoms with E-state index in [2.05, 4.69) is 5.32 Å². The Morgan fingerprint density at radius 2 is 2.27 bits per heavy atom. The predicted octanol–water partition coefficient (Wildman–Crippen LogP) is 3.78. The predicted molar refractivity (Wildman–Crippen MR) is 111 cm³/mol. The van der Waals surface area contributed by atoms with Crippen LogP contribution in [0.3, 0.4) is 0 Å². The van der Waals surface area contributed by atoms with Crippen molar-refractivity contribution in [3.8, 4) is 5.75 Å². The van der Waals surface area contributed by atoms with Crippen LogP contribution in [0.5, 0.6) is 5.75 Å². The minimum absolute atomic E-state index is 0.145. The van der Waals surface area contributed by atoms with Gasteiger partial charge in [-0.3, -0.25) is 4.79 Å². The van der Waals surface area contributed by atoms with E-state index in [-0.39, 0.29) is 12.3 Å². The number of aliphatic hydroxyl groups is 1.